The zero-order valence-corrected chi connectivity index (χ0v) is 18.6. The molecule has 10 heteroatoms. The first kappa shape index (κ1) is 19.7. The van der Waals surface area contributed by atoms with Gasteiger partial charge in [-0.1, -0.05) is 6.07 Å². The third-order valence-electron chi connectivity index (χ3n) is 6.24. The zero-order chi connectivity index (χ0) is 23.4. The predicted octanol–water partition coefficient (Wildman–Crippen LogP) is 3.17. The Labute approximate surface area is 199 Å². The van der Waals surface area contributed by atoms with Crippen LogP contribution in [0.3, 0.4) is 0 Å². The largest absolute Gasteiger partial charge is 0.353 e. The lowest BCUT2D eigenvalue weighted by molar-refractivity contribution is 0.514. The number of aromatic amines is 2. The van der Waals surface area contributed by atoms with E-state index in [0.29, 0.717) is 5.69 Å². The SMILES string of the molecule is NC1CN(c2cncc(-c3ccc4[nH]nc(-c5cc6c(-c7ccccn7)nccc6[nH]5)c4n3)n2)C1. The Morgan fingerprint density at radius 1 is 0.857 bits per heavy atom. The fourth-order valence-corrected chi connectivity index (χ4v) is 4.45. The van der Waals surface area contributed by atoms with E-state index in [1.54, 1.807) is 24.8 Å². The summed E-state index contributed by atoms with van der Waals surface area (Å²) >= 11 is 0. The average molecular weight is 461 g/mol. The Morgan fingerprint density at radius 3 is 2.66 bits per heavy atom. The summed E-state index contributed by atoms with van der Waals surface area (Å²) < 4.78 is 0. The summed E-state index contributed by atoms with van der Waals surface area (Å²) in [6.45, 7) is 1.57. The minimum atomic E-state index is 0.188. The number of hydrogen-bond donors (Lipinski definition) is 3. The first-order valence-corrected chi connectivity index (χ1v) is 11.3. The lowest BCUT2D eigenvalue weighted by Gasteiger charge is -2.37. The van der Waals surface area contributed by atoms with Gasteiger partial charge in [0.1, 0.15) is 22.7 Å². The van der Waals surface area contributed by atoms with Crippen LogP contribution in [-0.4, -0.2) is 59.2 Å². The highest BCUT2D eigenvalue weighted by atomic mass is 15.3. The van der Waals surface area contributed by atoms with E-state index in [-0.39, 0.29) is 6.04 Å². The van der Waals surface area contributed by atoms with Gasteiger partial charge in [0.2, 0.25) is 0 Å². The van der Waals surface area contributed by atoms with Crippen molar-refractivity contribution in [1.82, 2.24) is 40.1 Å². The molecule has 1 fully saturated rings. The maximum absolute atomic E-state index is 5.93. The summed E-state index contributed by atoms with van der Waals surface area (Å²) in [5.41, 5.74) is 13.1. The lowest BCUT2D eigenvalue weighted by Crippen LogP contribution is -2.56. The van der Waals surface area contributed by atoms with Crippen LogP contribution in [0.1, 0.15) is 0 Å². The summed E-state index contributed by atoms with van der Waals surface area (Å²) in [6.07, 6.45) is 7.03. The van der Waals surface area contributed by atoms with Crippen LogP contribution >= 0.6 is 0 Å². The third-order valence-corrected chi connectivity index (χ3v) is 6.24. The van der Waals surface area contributed by atoms with E-state index in [4.69, 9.17) is 15.7 Å². The van der Waals surface area contributed by atoms with Gasteiger partial charge < -0.3 is 15.6 Å². The number of fused-ring (bicyclic) bond motifs is 2. The molecule has 7 rings (SSSR count). The van der Waals surface area contributed by atoms with Gasteiger partial charge in [0.25, 0.3) is 0 Å². The van der Waals surface area contributed by atoms with Crippen molar-refractivity contribution in [3.63, 3.8) is 0 Å². The highest BCUT2D eigenvalue weighted by Crippen LogP contribution is 2.32. The van der Waals surface area contributed by atoms with E-state index in [0.717, 1.165) is 69.3 Å². The molecule has 0 radical (unpaired) electrons. The number of pyridine rings is 3. The number of nitrogens with two attached hydrogens (primary N) is 1. The standard InChI is InChI=1S/C25H20N10/c26-14-12-35(13-14)22-11-27-10-21(31-22)17-4-5-19-24(32-17)25(34-33-19)20-9-15-16(30-20)6-8-29-23(15)18-3-1-2-7-28-18/h1-11,14,30H,12-13,26H2,(H,33,34). The molecule has 0 saturated carbocycles. The molecule has 0 bridgehead atoms. The van der Waals surface area contributed by atoms with Gasteiger partial charge in [-0.3, -0.25) is 20.1 Å². The van der Waals surface area contributed by atoms with E-state index in [9.17, 15) is 0 Å². The highest BCUT2D eigenvalue weighted by Gasteiger charge is 2.25. The Balaban J connectivity index is 1.31. The quantitative estimate of drug-likeness (QED) is 0.365. The van der Waals surface area contributed by atoms with E-state index in [1.807, 2.05) is 42.5 Å². The molecule has 10 nitrogen and oxygen atoms in total. The number of anilines is 1. The molecule has 7 heterocycles. The van der Waals surface area contributed by atoms with Crippen molar-refractivity contribution in [3.8, 4) is 34.2 Å². The van der Waals surface area contributed by atoms with Gasteiger partial charge >= 0.3 is 0 Å². The molecule has 170 valence electrons. The Morgan fingerprint density at radius 2 is 1.80 bits per heavy atom. The molecule has 0 unspecified atom stereocenters. The molecule has 0 aromatic carbocycles. The molecule has 0 aliphatic carbocycles. The maximum atomic E-state index is 5.93. The van der Waals surface area contributed by atoms with Crippen LogP contribution in [0, 0.1) is 0 Å². The summed E-state index contributed by atoms with van der Waals surface area (Å²) in [6, 6.07) is 13.9. The number of nitrogens with one attached hydrogen (secondary N) is 2. The van der Waals surface area contributed by atoms with Gasteiger partial charge in [-0.05, 0) is 36.4 Å². The van der Waals surface area contributed by atoms with E-state index in [1.165, 1.54) is 0 Å². The second kappa shape index (κ2) is 7.67. The van der Waals surface area contributed by atoms with Gasteiger partial charge in [0.15, 0.2) is 0 Å². The van der Waals surface area contributed by atoms with Crippen LogP contribution in [0.4, 0.5) is 5.82 Å². The van der Waals surface area contributed by atoms with Crippen molar-refractivity contribution in [3.05, 3.63) is 67.3 Å². The minimum Gasteiger partial charge on any atom is -0.353 e. The lowest BCUT2D eigenvalue weighted by atomic mass is 10.1. The van der Waals surface area contributed by atoms with Crippen LogP contribution in [0.2, 0.25) is 0 Å². The number of rotatable bonds is 4. The maximum Gasteiger partial charge on any atom is 0.147 e. The molecular formula is C25H20N10. The van der Waals surface area contributed by atoms with E-state index >= 15 is 0 Å². The fraction of sp³-hybridized carbons (Fsp3) is 0.120. The van der Waals surface area contributed by atoms with Gasteiger partial charge in [-0.2, -0.15) is 5.10 Å². The molecule has 1 saturated heterocycles. The molecule has 1 aliphatic rings. The van der Waals surface area contributed by atoms with Gasteiger partial charge in [0, 0.05) is 42.4 Å². The molecule has 35 heavy (non-hydrogen) atoms. The van der Waals surface area contributed by atoms with Gasteiger partial charge in [-0.25, -0.2) is 9.97 Å². The summed E-state index contributed by atoms with van der Waals surface area (Å²) in [4.78, 5) is 28.7. The minimum absolute atomic E-state index is 0.188. The Hall–Kier alpha value is -4.70. The van der Waals surface area contributed by atoms with Crippen molar-refractivity contribution in [2.45, 2.75) is 6.04 Å². The topological polar surface area (TPSA) is 138 Å². The van der Waals surface area contributed by atoms with Crippen molar-refractivity contribution in [1.29, 1.82) is 0 Å². The third kappa shape index (κ3) is 3.30. The van der Waals surface area contributed by atoms with Crippen LogP contribution in [0.5, 0.6) is 0 Å². The second-order valence-electron chi connectivity index (χ2n) is 8.61. The normalized spacial score (nSPS) is 14.0. The monoisotopic (exact) mass is 460 g/mol. The molecule has 0 spiro atoms. The molecule has 6 aromatic rings. The average Bonchev–Trinajstić information content (AvgIpc) is 3.51. The van der Waals surface area contributed by atoms with Crippen LogP contribution < -0.4 is 10.6 Å². The van der Waals surface area contributed by atoms with Crippen molar-refractivity contribution in [2.75, 3.05) is 18.0 Å². The van der Waals surface area contributed by atoms with Crippen LogP contribution in [0.15, 0.2) is 67.3 Å². The van der Waals surface area contributed by atoms with Gasteiger partial charge in [0.05, 0.1) is 40.7 Å². The van der Waals surface area contributed by atoms with Crippen molar-refractivity contribution >= 4 is 27.8 Å². The molecule has 6 aromatic heterocycles. The fourth-order valence-electron chi connectivity index (χ4n) is 4.45. The molecule has 0 atom stereocenters. The smallest absolute Gasteiger partial charge is 0.147 e. The summed E-state index contributed by atoms with van der Waals surface area (Å²) in [5.74, 6) is 0.809. The Kier molecular flexibility index (Phi) is 4.33. The Bertz CT molecular complexity index is 1680. The van der Waals surface area contributed by atoms with Crippen LogP contribution in [-0.2, 0) is 0 Å². The van der Waals surface area contributed by atoms with Gasteiger partial charge in [-0.15, -0.1) is 0 Å². The number of hydrogen-bond acceptors (Lipinski definition) is 8. The first-order chi connectivity index (χ1) is 17.2. The molecule has 1 aliphatic heterocycles. The highest BCUT2D eigenvalue weighted by molar-refractivity contribution is 5.98. The number of aromatic nitrogens is 8. The number of H-pyrrole nitrogens is 2. The summed E-state index contributed by atoms with van der Waals surface area (Å²) in [7, 11) is 0. The van der Waals surface area contributed by atoms with Crippen molar-refractivity contribution in [2.24, 2.45) is 5.73 Å². The van der Waals surface area contributed by atoms with Crippen LogP contribution in [0.25, 0.3) is 56.1 Å². The van der Waals surface area contributed by atoms with E-state index < -0.39 is 0 Å². The van der Waals surface area contributed by atoms with Crippen molar-refractivity contribution < 1.29 is 0 Å². The van der Waals surface area contributed by atoms with E-state index in [2.05, 4.69) is 35.0 Å². The molecule has 4 N–H and O–H groups in total. The first-order valence-electron chi connectivity index (χ1n) is 11.3. The number of nitrogens with zero attached hydrogens (tertiary/aromatic N) is 7. The molecular weight excluding hydrogens is 440 g/mol. The predicted molar refractivity (Wildman–Crippen MR) is 133 cm³/mol. The molecule has 0 amide bonds. The zero-order valence-electron chi connectivity index (χ0n) is 18.6. The second-order valence-corrected chi connectivity index (χ2v) is 8.61. The summed E-state index contributed by atoms with van der Waals surface area (Å²) in [5, 5.41) is 8.62.